The van der Waals surface area contributed by atoms with E-state index in [1.165, 1.54) is 18.2 Å². The first kappa shape index (κ1) is 12.7. The minimum atomic E-state index is -4.69. The summed E-state index contributed by atoms with van der Waals surface area (Å²) in [5.41, 5.74) is -1.41. The largest absolute Gasteiger partial charge is 0.419 e. The minimum absolute atomic E-state index is 0.128. The molecule has 1 nitrogen and oxygen atoms in total. The summed E-state index contributed by atoms with van der Waals surface area (Å²) in [6.45, 7) is -0.128. The zero-order chi connectivity index (χ0) is 12.2. The lowest BCUT2D eigenvalue weighted by Crippen LogP contribution is -2.08. The van der Waals surface area contributed by atoms with E-state index in [2.05, 4.69) is 0 Å². The van der Waals surface area contributed by atoms with Gasteiger partial charge in [0.25, 0.3) is 0 Å². The SMILES string of the molecule is OCCC=Cc1cccc(C(F)(F)F)c1F. The number of benzene rings is 1. The third-order valence-corrected chi connectivity index (χ3v) is 1.93. The molecule has 0 fully saturated rings. The molecule has 0 aromatic heterocycles. The van der Waals surface area contributed by atoms with Crippen LogP contribution in [0.5, 0.6) is 0 Å². The van der Waals surface area contributed by atoms with E-state index in [1.807, 2.05) is 0 Å². The van der Waals surface area contributed by atoms with Crippen molar-refractivity contribution in [2.24, 2.45) is 0 Å². The molecule has 0 aliphatic rings. The Balaban J connectivity index is 3.05. The first-order valence-corrected chi connectivity index (χ1v) is 4.60. The Bertz CT molecular complexity index is 382. The molecule has 1 rings (SSSR count). The summed E-state index contributed by atoms with van der Waals surface area (Å²) < 4.78 is 50.3. The number of hydrogen-bond acceptors (Lipinski definition) is 1. The molecule has 1 N–H and O–H groups in total. The van der Waals surface area contributed by atoms with Gasteiger partial charge in [-0.15, -0.1) is 0 Å². The molecule has 0 heterocycles. The summed E-state index contributed by atoms with van der Waals surface area (Å²) in [7, 11) is 0. The van der Waals surface area contributed by atoms with Crippen molar-refractivity contribution in [3.05, 3.63) is 41.2 Å². The first-order chi connectivity index (χ1) is 7.46. The van der Waals surface area contributed by atoms with Crippen LogP contribution >= 0.6 is 0 Å². The fraction of sp³-hybridized carbons (Fsp3) is 0.273. The summed E-state index contributed by atoms with van der Waals surface area (Å²) in [6, 6.07) is 3.09. The van der Waals surface area contributed by atoms with Gasteiger partial charge in [-0.3, -0.25) is 0 Å². The second-order valence-electron chi connectivity index (χ2n) is 3.12. The highest BCUT2D eigenvalue weighted by molar-refractivity contribution is 5.51. The van der Waals surface area contributed by atoms with Crippen LogP contribution < -0.4 is 0 Å². The Morgan fingerprint density at radius 1 is 1.25 bits per heavy atom. The molecule has 1 aromatic rings. The highest BCUT2D eigenvalue weighted by Crippen LogP contribution is 2.32. The molecule has 0 aliphatic heterocycles. The standard InChI is InChI=1S/C11H10F4O/c12-10-8(4-1-2-7-16)5-3-6-9(10)11(13,14)15/h1,3-6,16H,2,7H2. The normalized spacial score (nSPS) is 12.3. The van der Waals surface area contributed by atoms with Gasteiger partial charge in [0, 0.05) is 12.2 Å². The number of aliphatic hydroxyl groups excluding tert-OH is 1. The van der Waals surface area contributed by atoms with Gasteiger partial charge in [-0.2, -0.15) is 13.2 Å². The molecular formula is C11H10F4O. The number of rotatable bonds is 3. The quantitative estimate of drug-likeness (QED) is 0.796. The highest BCUT2D eigenvalue weighted by atomic mass is 19.4. The number of aliphatic hydroxyl groups is 1. The van der Waals surface area contributed by atoms with Crippen molar-refractivity contribution in [2.75, 3.05) is 6.61 Å². The van der Waals surface area contributed by atoms with Crippen molar-refractivity contribution in [3.63, 3.8) is 0 Å². The second-order valence-corrected chi connectivity index (χ2v) is 3.12. The topological polar surface area (TPSA) is 20.2 Å². The molecule has 1 aromatic carbocycles. The van der Waals surface area contributed by atoms with E-state index >= 15 is 0 Å². The Morgan fingerprint density at radius 3 is 2.50 bits per heavy atom. The molecule has 0 bridgehead atoms. The van der Waals surface area contributed by atoms with E-state index in [4.69, 9.17) is 5.11 Å². The molecule has 0 atom stereocenters. The fourth-order valence-corrected chi connectivity index (χ4v) is 1.18. The van der Waals surface area contributed by atoms with E-state index in [-0.39, 0.29) is 18.6 Å². The molecule has 0 aliphatic carbocycles. The lowest BCUT2D eigenvalue weighted by atomic mass is 10.1. The van der Waals surface area contributed by atoms with E-state index < -0.39 is 17.6 Å². The molecule has 16 heavy (non-hydrogen) atoms. The zero-order valence-corrected chi connectivity index (χ0v) is 8.26. The summed E-state index contributed by atoms with van der Waals surface area (Å²) >= 11 is 0. The molecule has 0 saturated heterocycles. The highest BCUT2D eigenvalue weighted by Gasteiger charge is 2.34. The maximum Gasteiger partial charge on any atom is 0.419 e. The zero-order valence-electron chi connectivity index (χ0n) is 8.26. The molecule has 5 heteroatoms. The molecule has 88 valence electrons. The summed E-state index contributed by atoms with van der Waals surface area (Å²) in [4.78, 5) is 0. The van der Waals surface area contributed by atoms with Crippen molar-refractivity contribution < 1.29 is 22.7 Å². The number of halogens is 4. The van der Waals surface area contributed by atoms with Crippen LogP contribution in [0.15, 0.2) is 24.3 Å². The molecular weight excluding hydrogens is 224 g/mol. The average molecular weight is 234 g/mol. The lowest BCUT2D eigenvalue weighted by Gasteiger charge is -2.09. The molecule has 0 spiro atoms. The minimum Gasteiger partial charge on any atom is -0.396 e. The summed E-state index contributed by atoms with van der Waals surface area (Å²) in [5.74, 6) is -1.29. The van der Waals surface area contributed by atoms with Crippen LogP contribution in [-0.4, -0.2) is 11.7 Å². The van der Waals surface area contributed by atoms with Crippen LogP contribution in [-0.2, 0) is 6.18 Å². The van der Waals surface area contributed by atoms with Crippen LogP contribution in [0.25, 0.3) is 6.08 Å². The average Bonchev–Trinajstić information content (AvgIpc) is 2.19. The fourth-order valence-electron chi connectivity index (χ4n) is 1.18. The van der Waals surface area contributed by atoms with Gasteiger partial charge in [-0.1, -0.05) is 24.3 Å². The predicted molar refractivity (Wildman–Crippen MR) is 52.1 cm³/mol. The van der Waals surface area contributed by atoms with E-state index in [9.17, 15) is 17.6 Å². The molecule has 0 unspecified atom stereocenters. The second kappa shape index (κ2) is 5.12. The van der Waals surface area contributed by atoms with Gasteiger partial charge < -0.3 is 5.11 Å². The van der Waals surface area contributed by atoms with Gasteiger partial charge in [0.1, 0.15) is 5.82 Å². The molecule has 0 radical (unpaired) electrons. The summed E-state index contributed by atoms with van der Waals surface area (Å²) in [6.07, 6.45) is -1.78. The van der Waals surface area contributed by atoms with Gasteiger partial charge in [-0.05, 0) is 12.5 Å². The Morgan fingerprint density at radius 2 is 1.94 bits per heavy atom. The first-order valence-electron chi connectivity index (χ1n) is 4.60. The van der Waals surface area contributed by atoms with Crippen molar-refractivity contribution >= 4 is 6.08 Å². The molecule has 0 saturated carbocycles. The van der Waals surface area contributed by atoms with Crippen molar-refractivity contribution in [1.82, 2.24) is 0 Å². The molecule has 0 amide bonds. The van der Waals surface area contributed by atoms with Crippen LogP contribution in [0.1, 0.15) is 17.5 Å². The maximum absolute atomic E-state index is 13.4. The van der Waals surface area contributed by atoms with Crippen LogP contribution in [0.4, 0.5) is 17.6 Å². The van der Waals surface area contributed by atoms with Crippen molar-refractivity contribution in [1.29, 1.82) is 0 Å². The Hall–Kier alpha value is -1.36. The third-order valence-electron chi connectivity index (χ3n) is 1.93. The van der Waals surface area contributed by atoms with Gasteiger partial charge in [0.15, 0.2) is 0 Å². The number of hydrogen-bond donors (Lipinski definition) is 1. The Labute approximate surface area is 90.0 Å². The van der Waals surface area contributed by atoms with Crippen molar-refractivity contribution in [3.8, 4) is 0 Å². The van der Waals surface area contributed by atoms with Crippen LogP contribution in [0, 0.1) is 5.82 Å². The predicted octanol–water partition coefficient (Wildman–Crippen LogP) is 3.24. The maximum atomic E-state index is 13.4. The smallest absolute Gasteiger partial charge is 0.396 e. The lowest BCUT2D eigenvalue weighted by molar-refractivity contribution is -0.140. The number of alkyl halides is 3. The van der Waals surface area contributed by atoms with Crippen LogP contribution in [0.3, 0.4) is 0 Å². The Kier molecular flexibility index (Phi) is 4.06. The monoisotopic (exact) mass is 234 g/mol. The van der Waals surface area contributed by atoms with Crippen molar-refractivity contribution in [2.45, 2.75) is 12.6 Å². The van der Waals surface area contributed by atoms with Gasteiger partial charge >= 0.3 is 6.18 Å². The van der Waals surface area contributed by atoms with Gasteiger partial charge in [0.2, 0.25) is 0 Å². The third kappa shape index (κ3) is 3.06. The van der Waals surface area contributed by atoms with Crippen LogP contribution in [0.2, 0.25) is 0 Å². The van der Waals surface area contributed by atoms with E-state index in [1.54, 1.807) is 0 Å². The van der Waals surface area contributed by atoms with Gasteiger partial charge in [-0.25, -0.2) is 4.39 Å². The van der Waals surface area contributed by atoms with E-state index in [0.717, 1.165) is 6.07 Å². The summed E-state index contributed by atoms with van der Waals surface area (Å²) in [5, 5.41) is 8.47. The van der Waals surface area contributed by atoms with Gasteiger partial charge in [0.05, 0.1) is 5.56 Å². The van der Waals surface area contributed by atoms with E-state index in [0.29, 0.717) is 6.07 Å².